The molecule has 0 heterocycles. The molecule has 1 atom stereocenters. The highest BCUT2D eigenvalue weighted by Gasteiger charge is 2.23. The first-order chi connectivity index (χ1) is 8.22. The summed E-state index contributed by atoms with van der Waals surface area (Å²) in [5.74, 6) is -1.60. The lowest BCUT2D eigenvalue weighted by Gasteiger charge is -2.18. The molecular weight excluding hydrogens is 240 g/mol. The summed E-state index contributed by atoms with van der Waals surface area (Å²) in [6.45, 7) is 4.32. The molecule has 0 aromatic heterocycles. The smallest absolute Gasteiger partial charge is 0.330 e. The summed E-state index contributed by atoms with van der Waals surface area (Å²) < 4.78 is 4.38. The van der Waals surface area contributed by atoms with Gasteiger partial charge in [0.1, 0.15) is 0 Å². The summed E-state index contributed by atoms with van der Waals surface area (Å²) in [5.41, 5.74) is -0.598. The number of rotatable bonds is 5. The highest BCUT2D eigenvalue weighted by Crippen LogP contribution is 2.11. The Morgan fingerprint density at radius 3 is 2.22 bits per heavy atom. The first-order valence-corrected chi connectivity index (χ1v) is 5.48. The van der Waals surface area contributed by atoms with Crippen LogP contribution in [0.5, 0.6) is 0 Å². The first kappa shape index (κ1) is 16.4. The van der Waals surface area contributed by atoms with Crippen LogP contribution in [0.4, 0.5) is 0 Å². The van der Waals surface area contributed by atoms with E-state index in [9.17, 15) is 14.4 Å². The number of amides is 2. The van der Waals surface area contributed by atoms with Crippen molar-refractivity contribution in [3.05, 3.63) is 0 Å². The summed E-state index contributed by atoms with van der Waals surface area (Å²) in [4.78, 5) is 34.0. The monoisotopic (exact) mass is 260 g/mol. The van der Waals surface area contributed by atoms with Gasteiger partial charge in [-0.15, -0.1) is 0 Å². The fourth-order valence-electron chi connectivity index (χ4n) is 0.992. The second kappa shape index (κ2) is 6.95. The van der Waals surface area contributed by atoms with E-state index in [1.165, 1.54) is 0 Å². The molecule has 0 aromatic rings. The number of hydrogen-bond donors (Lipinski definition) is 3. The number of esters is 1. The third kappa shape index (κ3) is 5.62. The van der Waals surface area contributed by atoms with Crippen molar-refractivity contribution in [3.8, 4) is 0 Å². The second-order valence-electron chi connectivity index (χ2n) is 4.76. The summed E-state index contributed by atoms with van der Waals surface area (Å²) in [6.07, 6.45) is 0. The fourth-order valence-corrected chi connectivity index (χ4v) is 0.992. The molecule has 1 unspecified atom stereocenters. The van der Waals surface area contributed by atoms with E-state index >= 15 is 0 Å². The van der Waals surface area contributed by atoms with Gasteiger partial charge in [0.2, 0.25) is 11.8 Å². The van der Waals surface area contributed by atoms with Crippen LogP contribution >= 0.6 is 0 Å². The van der Waals surface area contributed by atoms with Crippen molar-refractivity contribution < 1.29 is 24.2 Å². The Bertz CT molecular complexity index is 322. The minimum atomic E-state index is -1.12. The van der Waals surface area contributed by atoms with Crippen LogP contribution in [0.25, 0.3) is 0 Å². The zero-order valence-corrected chi connectivity index (χ0v) is 11.1. The minimum absolute atomic E-state index is 0.260. The van der Waals surface area contributed by atoms with Gasteiger partial charge < -0.3 is 20.5 Å². The van der Waals surface area contributed by atoms with Crippen LogP contribution in [0.1, 0.15) is 20.8 Å². The fraction of sp³-hybridized carbons (Fsp3) is 0.727. The van der Waals surface area contributed by atoms with Gasteiger partial charge in [-0.3, -0.25) is 9.59 Å². The molecule has 0 bridgehead atoms. The molecule has 0 aromatic carbocycles. The van der Waals surface area contributed by atoms with Crippen LogP contribution in [0.3, 0.4) is 0 Å². The van der Waals surface area contributed by atoms with E-state index in [1.807, 2.05) is 0 Å². The van der Waals surface area contributed by atoms with Gasteiger partial charge in [0, 0.05) is 5.41 Å². The highest BCUT2D eigenvalue weighted by molar-refractivity contribution is 5.89. The molecule has 0 radical (unpaired) electrons. The molecule has 3 N–H and O–H groups in total. The Morgan fingerprint density at radius 1 is 1.28 bits per heavy atom. The summed E-state index contributed by atoms with van der Waals surface area (Å²) in [6, 6.07) is -1.12. The SMILES string of the molecule is COC(=O)C(CO)NC(=O)CNC(=O)C(C)(C)C. The van der Waals surface area contributed by atoms with E-state index in [1.54, 1.807) is 20.8 Å². The van der Waals surface area contributed by atoms with Crippen molar-refractivity contribution in [2.45, 2.75) is 26.8 Å². The van der Waals surface area contributed by atoms with Crippen LogP contribution in [0.15, 0.2) is 0 Å². The molecule has 0 fully saturated rings. The Balaban J connectivity index is 4.19. The van der Waals surface area contributed by atoms with Gasteiger partial charge in [-0.1, -0.05) is 20.8 Å². The summed E-state index contributed by atoms with van der Waals surface area (Å²) >= 11 is 0. The van der Waals surface area contributed by atoms with E-state index in [0.717, 1.165) is 7.11 Å². The largest absolute Gasteiger partial charge is 0.467 e. The molecule has 0 aliphatic heterocycles. The van der Waals surface area contributed by atoms with E-state index in [2.05, 4.69) is 15.4 Å². The number of methoxy groups -OCH3 is 1. The quantitative estimate of drug-likeness (QED) is 0.538. The van der Waals surface area contributed by atoms with E-state index in [-0.39, 0.29) is 12.5 Å². The van der Waals surface area contributed by atoms with Gasteiger partial charge in [-0.05, 0) is 0 Å². The predicted octanol–water partition coefficient (Wildman–Crippen LogP) is -1.20. The van der Waals surface area contributed by atoms with Gasteiger partial charge in [0.15, 0.2) is 6.04 Å². The maximum atomic E-state index is 11.5. The molecule has 0 aliphatic carbocycles. The third-order valence-electron chi connectivity index (χ3n) is 2.09. The summed E-state index contributed by atoms with van der Waals surface area (Å²) in [7, 11) is 1.15. The molecule has 0 aliphatic rings. The zero-order chi connectivity index (χ0) is 14.3. The van der Waals surface area contributed by atoms with Crippen LogP contribution in [-0.4, -0.2) is 49.2 Å². The number of nitrogens with one attached hydrogen (secondary N) is 2. The van der Waals surface area contributed by atoms with E-state index in [4.69, 9.17) is 5.11 Å². The molecule has 18 heavy (non-hydrogen) atoms. The Hall–Kier alpha value is -1.63. The van der Waals surface area contributed by atoms with Gasteiger partial charge in [-0.25, -0.2) is 4.79 Å². The minimum Gasteiger partial charge on any atom is -0.467 e. The molecule has 0 saturated heterocycles. The lowest BCUT2D eigenvalue weighted by Crippen LogP contribution is -2.48. The van der Waals surface area contributed by atoms with Gasteiger partial charge >= 0.3 is 5.97 Å². The van der Waals surface area contributed by atoms with Gasteiger partial charge in [0.25, 0.3) is 0 Å². The van der Waals surface area contributed by atoms with Crippen LogP contribution in [-0.2, 0) is 19.1 Å². The first-order valence-electron chi connectivity index (χ1n) is 5.48. The molecule has 0 saturated carbocycles. The van der Waals surface area contributed by atoms with E-state index in [0.29, 0.717) is 0 Å². The molecule has 104 valence electrons. The van der Waals surface area contributed by atoms with Crippen molar-refractivity contribution >= 4 is 17.8 Å². The Kier molecular flexibility index (Phi) is 6.32. The lowest BCUT2D eigenvalue weighted by atomic mass is 9.96. The van der Waals surface area contributed by atoms with Crippen LogP contribution < -0.4 is 10.6 Å². The summed E-state index contributed by atoms with van der Waals surface area (Å²) in [5, 5.41) is 13.6. The molecule has 0 spiro atoms. The molecule has 7 nitrogen and oxygen atoms in total. The topological polar surface area (TPSA) is 105 Å². The van der Waals surface area contributed by atoms with Crippen molar-refractivity contribution in [2.24, 2.45) is 5.41 Å². The third-order valence-corrected chi connectivity index (χ3v) is 2.09. The van der Waals surface area contributed by atoms with Gasteiger partial charge in [0.05, 0.1) is 20.3 Å². The number of ether oxygens (including phenoxy) is 1. The highest BCUT2D eigenvalue weighted by atomic mass is 16.5. The van der Waals surface area contributed by atoms with Crippen molar-refractivity contribution in [1.82, 2.24) is 10.6 Å². The van der Waals surface area contributed by atoms with Crippen LogP contribution in [0.2, 0.25) is 0 Å². The molecule has 0 rings (SSSR count). The molecular formula is C11H20N2O5. The number of aliphatic hydroxyl groups excluding tert-OH is 1. The van der Waals surface area contributed by atoms with Gasteiger partial charge in [-0.2, -0.15) is 0 Å². The van der Waals surface area contributed by atoms with Crippen molar-refractivity contribution in [1.29, 1.82) is 0 Å². The number of aliphatic hydroxyl groups is 1. The maximum absolute atomic E-state index is 11.5. The zero-order valence-electron chi connectivity index (χ0n) is 11.1. The lowest BCUT2D eigenvalue weighted by molar-refractivity contribution is -0.146. The normalized spacial score (nSPS) is 12.5. The molecule has 7 heteroatoms. The predicted molar refractivity (Wildman–Crippen MR) is 63.5 cm³/mol. The standard InChI is InChI=1S/C11H20N2O5/c1-11(2,3)10(17)12-5-8(15)13-7(6-14)9(16)18-4/h7,14H,5-6H2,1-4H3,(H,12,17)(H,13,15). The van der Waals surface area contributed by atoms with E-state index < -0.39 is 29.9 Å². The Morgan fingerprint density at radius 2 is 1.83 bits per heavy atom. The average molecular weight is 260 g/mol. The van der Waals surface area contributed by atoms with Crippen molar-refractivity contribution in [2.75, 3.05) is 20.3 Å². The Labute approximate surface area is 106 Å². The van der Waals surface area contributed by atoms with Crippen molar-refractivity contribution in [3.63, 3.8) is 0 Å². The second-order valence-corrected chi connectivity index (χ2v) is 4.76. The average Bonchev–Trinajstić information content (AvgIpc) is 2.30. The molecule has 2 amide bonds. The maximum Gasteiger partial charge on any atom is 0.330 e. The number of hydrogen-bond acceptors (Lipinski definition) is 5. The number of carbonyl (C=O) groups excluding carboxylic acids is 3. The van der Waals surface area contributed by atoms with Crippen LogP contribution in [0, 0.1) is 5.41 Å². The number of carbonyl (C=O) groups is 3.